The van der Waals surface area contributed by atoms with E-state index in [9.17, 15) is 4.79 Å². The van der Waals surface area contributed by atoms with Crippen molar-refractivity contribution in [3.05, 3.63) is 12.2 Å². The molecule has 3 unspecified atom stereocenters. The number of carbonyl (C=O) groups is 1. The van der Waals surface area contributed by atoms with Crippen LogP contribution in [0.3, 0.4) is 0 Å². The number of amides is 1. The summed E-state index contributed by atoms with van der Waals surface area (Å²) in [4.78, 5) is 15.3. The highest BCUT2D eigenvalue weighted by Crippen LogP contribution is 2.43. The third kappa shape index (κ3) is 2.94. The first-order chi connectivity index (χ1) is 11.1. The number of carbonyl (C=O) groups excluding carboxylic acids is 1. The normalized spacial score (nSPS) is 35.6. The molecule has 1 amide bonds. The van der Waals surface area contributed by atoms with Gasteiger partial charge in [0.1, 0.15) is 6.33 Å². The van der Waals surface area contributed by atoms with Crippen molar-refractivity contribution in [1.29, 1.82) is 0 Å². The first-order valence-corrected chi connectivity index (χ1v) is 9.05. The molecule has 2 saturated carbocycles. The molecule has 1 aliphatic heterocycles. The Morgan fingerprint density at radius 2 is 1.92 bits per heavy atom. The Kier molecular flexibility index (Phi) is 5.16. The lowest BCUT2D eigenvalue weighted by atomic mass is 9.65. The fourth-order valence-electron chi connectivity index (χ4n) is 5.12. The van der Waals surface area contributed by atoms with E-state index in [4.69, 9.17) is 5.73 Å². The van der Waals surface area contributed by atoms with Crippen molar-refractivity contribution >= 4 is 18.3 Å². The lowest BCUT2D eigenvalue weighted by molar-refractivity contribution is -0.139. The van der Waals surface area contributed by atoms with Gasteiger partial charge in [-0.25, -0.2) is 0 Å². The Balaban J connectivity index is 0.00000169. The summed E-state index contributed by atoms with van der Waals surface area (Å²) >= 11 is 0. The summed E-state index contributed by atoms with van der Waals surface area (Å²) in [6, 6.07) is 0.423. The van der Waals surface area contributed by atoms with Crippen LogP contribution in [0.25, 0.3) is 0 Å². The molecule has 6 nitrogen and oxygen atoms in total. The molecule has 134 valence electrons. The largest absolute Gasteiger partial charge is 0.332 e. The number of aryl methyl sites for hydroxylation is 1. The molecule has 3 aliphatic rings. The summed E-state index contributed by atoms with van der Waals surface area (Å²) < 4.78 is 1.95. The van der Waals surface area contributed by atoms with Gasteiger partial charge in [-0.3, -0.25) is 4.79 Å². The third-order valence-corrected chi connectivity index (χ3v) is 6.34. The molecule has 2 heterocycles. The van der Waals surface area contributed by atoms with Gasteiger partial charge in [-0.1, -0.05) is 6.42 Å². The van der Waals surface area contributed by atoms with E-state index < -0.39 is 0 Å². The van der Waals surface area contributed by atoms with Gasteiger partial charge in [0.2, 0.25) is 5.91 Å². The van der Waals surface area contributed by atoms with Crippen LogP contribution in [-0.4, -0.2) is 38.2 Å². The first kappa shape index (κ1) is 17.7. The van der Waals surface area contributed by atoms with Crippen molar-refractivity contribution in [2.24, 2.45) is 30.5 Å². The molecule has 7 heteroatoms. The molecule has 1 aromatic heterocycles. The molecule has 3 atom stereocenters. The standard InChI is InChI=1S/C17H27N5O.ClH/c1-21-10-19-20-16(21)14-6-3-7-22(14)17(23)13-8-11-4-2-5-12(9-13)15(11)18;/h10-15H,2-9,18H2,1H3;1H. The minimum atomic E-state index is 0. The summed E-state index contributed by atoms with van der Waals surface area (Å²) in [5, 5.41) is 8.23. The molecule has 24 heavy (non-hydrogen) atoms. The predicted molar refractivity (Wildman–Crippen MR) is 93.5 cm³/mol. The van der Waals surface area contributed by atoms with Gasteiger partial charge in [-0.15, -0.1) is 22.6 Å². The van der Waals surface area contributed by atoms with Crippen LogP contribution in [0.4, 0.5) is 0 Å². The minimum absolute atomic E-state index is 0. The second-order valence-corrected chi connectivity index (χ2v) is 7.69. The maximum atomic E-state index is 13.2. The Bertz CT molecular complexity index is 577. The zero-order valence-corrected chi connectivity index (χ0v) is 15.1. The van der Waals surface area contributed by atoms with Crippen molar-refractivity contribution < 1.29 is 4.79 Å². The highest BCUT2D eigenvalue weighted by atomic mass is 35.5. The summed E-state index contributed by atoms with van der Waals surface area (Å²) in [5.74, 6) is 2.52. The summed E-state index contributed by atoms with van der Waals surface area (Å²) in [7, 11) is 1.96. The Labute approximate surface area is 149 Å². The van der Waals surface area contributed by atoms with Crippen LogP contribution in [0.5, 0.6) is 0 Å². The average Bonchev–Trinajstić information content (AvgIpc) is 3.14. The van der Waals surface area contributed by atoms with Crippen molar-refractivity contribution in [2.75, 3.05) is 6.54 Å². The van der Waals surface area contributed by atoms with Crippen molar-refractivity contribution in [2.45, 2.75) is 57.0 Å². The SMILES string of the molecule is Cl.Cn1cnnc1C1CCCN1C(=O)C1CC2CCCC(C1)C2N. The van der Waals surface area contributed by atoms with E-state index in [1.54, 1.807) is 6.33 Å². The number of halogens is 1. The van der Waals surface area contributed by atoms with Crippen LogP contribution in [0.15, 0.2) is 6.33 Å². The number of fused-ring (bicyclic) bond motifs is 2. The number of nitrogens with zero attached hydrogens (tertiary/aromatic N) is 4. The lowest BCUT2D eigenvalue weighted by Gasteiger charge is -2.44. The van der Waals surface area contributed by atoms with Gasteiger partial charge in [-0.05, 0) is 50.4 Å². The maximum absolute atomic E-state index is 13.2. The topological polar surface area (TPSA) is 77.0 Å². The number of hydrogen-bond acceptors (Lipinski definition) is 4. The third-order valence-electron chi connectivity index (χ3n) is 6.34. The van der Waals surface area contributed by atoms with Gasteiger partial charge >= 0.3 is 0 Å². The van der Waals surface area contributed by atoms with E-state index in [0.29, 0.717) is 23.8 Å². The van der Waals surface area contributed by atoms with E-state index in [2.05, 4.69) is 15.1 Å². The van der Waals surface area contributed by atoms with E-state index in [-0.39, 0.29) is 24.4 Å². The van der Waals surface area contributed by atoms with Crippen LogP contribution >= 0.6 is 12.4 Å². The molecule has 1 aromatic rings. The van der Waals surface area contributed by atoms with Crippen molar-refractivity contribution in [3.8, 4) is 0 Å². The fourth-order valence-corrected chi connectivity index (χ4v) is 5.12. The smallest absolute Gasteiger partial charge is 0.226 e. The molecule has 3 fully saturated rings. The zero-order valence-electron chi connectivity index (χ0n) is 14.3. The number of nitrogens with two attached hydrogens (primary N) is 1. The molecule has 2 N–H and O–H groups in total. The molecule has 1 saturated heterocycles. The molecule has 0 aromatic carbocycles. The Morgan fingerprint density at radius 3 is 2.54 bits per heavy atom. The number of hydrogen-bond donors (Lipinski definition) is 1. The monoisotopic (exact) mass is 353 g/mol. The van der Waals surface area contributed by atoms with Gasteiger partial charge in [0.25, 0.3) is 0 Å². The van der Waals surface area contributed by atoms with Crippen LogP contribution in [0.2, 0.25) is 0 Å². The van der Waals surface area contributed by atoms with Crippen LogP contribution < -0.4 is 5.73 Å². The van der Waals surface area contributed by atoms with E-state index >= 15 is 0 Å². The second kappa shape index (κ2) is 7.00. The number of rotatable bonds is 2. The lowest BCUT2D eigenvalue weighted by Crippen LogP contribution is -2.49. The molecule has 2 aliphatic carbocycles. The van der Waals surface area contributed by atoms with E-state index in [0.717, 1.165) is 38.1 Å². The fraction of sp³-hybridized carbons (Fsp3) is 0.824. The summed E-state index contributed by atoms with van der Waals surface area (Å²) in [6.45, 7) is 0.855. The van der Waals surface area contributed by atoms with Gasteiger partial charge in [0, 0.05) is 25.6 Å². The Hall–Kier alpha value is -1.14. The molecule has 2 bridgehead atoms. The number of aromatic nitrogens is 3. The number of likely N-dealkylation sites (tertiary alicyclic amines) is 1. The summed E-state index contributed by atoms with van der Waals surface area (Å²) in [5.41, 5.74) is 6.38. The van der Waals surface area contributed by atoms with Gasteiger partial charge in [-0.2, -0.15) is 0 Å². The predicted octanol–water partition coefficient (Wildman–Crippen LogP) is 2.05. The van der Waals surface area contributed by atoms with E-state index in [1.165, 1.54) is 19.3 Å². The average molecular weight is 354 g/mol. The van der Waals surface area contributed by atoms with Crippen LogP contribution in [0.1, 0.15) is 56.8 Å². The molecule has 0 radical (unpaired) electrons. The highest BCUT2D eigenvalue weighted by Gasteiger charge is 2.43. The summed E-state index contributed by atoms with van der Waals surface area (Å²) in [6.07, 6.45) is 9.44. The van der Waals surface area contributed by atoms with Crippen molar-refractivity contribution in [1.82, 2.24) is 19.7 Å². The Morgan fingerprint density at radius 1 is 1.21 bits per heavy atom. The van der Waals surface area contributed by atoms with Crippen LogP contribution in [0, 0.1) is 17.8 Å². The van der Waals surface area contributed by atoms with Gasteiger partial charge in [0.05, 0.1) is 6.04 Å². The molecule has 4 rings (SSSR count). The van der Waals surface area contributed by atoms with Gasteiger partial charge < -0.3 is 15.2 Å². The van der Waals surface area contributed by atoms with E-state index in [1.807, 2.05) is 11.6 Å². The van der Waals surface area contributed by atoms with Crippen molar-refractivity contribution in [3.63, 3.8) is 0 Å². The molecule has 0 spiro atoms. The first-order valence-electron chi connectivity index (χ1n) is 9.05. The second-order valence-electron chi connectivity index (χ2n) is 7.69. The zero-order chi connectivity index (χ0) is 16.0. The quantitative estimate of drug-likeness (QED) is 0.882. The van der Waals surface area contributed by atoms with Crippen LogP contribution in [-0.2, 0) is 11.8 Å². The highest BCUT2D eigenvalue weighted by molar-refractivity contribution is 5.85. The molecular weight excluding hydrogens is 326 g/mol. The molecular formula is C17H28ClN5O. The van der Waals surface area contributed by atoms with Gasteiger partial charge in [0.15, 0.2) is 5.82 Å². The maximum Gasteiger partial charge on any atom is 0.226 e. The minimum Gasteiger partial charge on any atom is -0.332 e.